The summed E-state index contributed by atoms with van der Waals surface area (Å²) in [5.41, 5.74) is 1.01. The number of hydrogen-bond donors (Lipinski definition) is 1. The molecule has 0 saturated heterocycles. The van der Waals surface area contributed by atoms with Gasteiger partial charge in [0.25, 0.3) is 0 Å². The van der Waals surface area contributed by atoms with Gasteiger partial charge in [0.15, 0.2) is 0 Å². The smallest absolute Gasteiger partial charge is 0.144 e. The molecule has 1 N–H and O–H groups in total. The van der Waals surface area contributed by atoms with Crippen molar-refractivity contribution in [2.75, 3.05) is 11.9 Å². The van der Waals surface area contributed by atoms with Gasteiger partial charge in [0.2, 0.25) is 0 Å². The third-order valence-corrected chi connectivity index (χ3v) is 3.96. The lowest BCUT2D eigenvalue weighted by Crippen LogP contribution is -2.29. The third-order valence-electron chi connectivity index (χ3n) is 3.10. The second-order valence-corrected chi connectivity index (χ2v) is 6.03. The molecule has 4 nitrogen and oxygen atoms in total. The minimum Gasteiger partial charge on any atom is -0.369 e. The largest absolute Gasteiger partial charge is 0.369 e. The topological polar surface area (TPSA) is 41.1 Å². The maximum atomic E-state index is 4.49. The highest BCUT2D eigenvalue weighted by Crippen LogP contribution is 2.16. The van der Waals surface area contributed by atoms with Crippen LogP contribution in [-0.4, -0.2) is 27.5 Å². The zero-order valence-corrected chi connectivity index (χ0v) is 13.2. The van der Waals surface area contributed by atoms with Gasteiger partial charge >= 0.3 is 0 Å². The first-order chi connectivity index (χ1) is 9.69. The number of aromatic nitrogens is 2. The molecule has 0 unspecified atom stereocenters. The highest BCUT2D eigenvalue weighted by Gasteiger charge is 2.12. The van der Waals surface area contributed by atoms with Crippen LogP contribution in [0.3, 0.4) is 0 Å². The number of thiophene rings is 1. The SMILES string of the molecule is CCNc1cnc(CN(Cc2cccs2)C(C)C)cn1. The average molecular weight is 290 g/mol. The van der Waals surface area contributed by atoms with Gasteiger partial charge in [-0.3, -0.25) is 9.88 Å². The quantitative estimate of drug-likeness (QED) is 0.848. The third kappa shape index (κ3) is 4.28. The van der Waals surface area contributed by atoms with Gasteiger partial charge in [-0.05, 0) is 32.2 Å². The Kier molecular flexibility index (Phi) is 5.49. The molecule has 0 amide bonds. The molecule has 5 heteroatoms. The van der Waals surface area contributed by atoms with Crippen LogP contribution in [0.15, 0.2) is 29.9 Å². The van der Waals surface area contributed by atoms with Crippen LogP contribution in [0.25, 0.3) is 0 Å². The molecular weight excluding hydrogens is 268 g/mol. The monoisotopic (exact) mass is 290 g/mol. The minimum atomic E-state index is 0.479. The zero-order valence-electron chi connectivity index (χ0n) is 12.3. The van der Waals surface area contributed by atoms with Gasteiger partial charge in [0.1, 0.15) is 5.82 Å². The Morgan fingerprint density at radius 1 is 1.25 bits per heavy atom. The maximum absolute atomic E-state index is 4.49. The molecule has 0 aliphatic heterocycles. The van der Waals surface area contributed by atoms with Crippen LogP contribution in [0.4, 0.5) is 5.82 Å². The zero-order chi connectivity index (χ0) is 14.4. The summed E-state index contributed by atoms with van der Waals surface area (Å²) in [6.07, 6.45) is 3.67. The summed E-state index contributed by atoms with van der Waals surface area (Å²) in [5.74, 6) is 0.839. The van der Waals surface area contributed by atoms with Crippen LogP contribution < -0.4 is 5.32 Å². The van der Waals surface area contributed by atoms with Crippen molar-refractivity contribution in [2.45, 2.75) is 39.9 Å². The molecule has 2 aromatic heterocycles. The van der Waals surface area contributed by atoms with Crippen molar-refractivity contribution in [2.24, 2.45) is 0 Å². The van der Waals surface area contributed by atoms with Gasteiger partial charge in [0.05, 0.1) is 18.1 Å². The Morgan fingerprint density at radius 2 is 2.10 bits per heavy atom. The minimum absolute atomic E-state index is 0.479. The fraction of sp³-hybridized carbons (Fsp3) is 0.467. The molecule has 2 heterocycles. The molecule has 0 aliphatic rings. The second-order valence-electron chi connectivity index (χ2n) is 5.00. The van der Waals surface area contributed by atoms with Crippen LogP contribution in [0.5, 0.6) is 0 Å². The van der Waals surface area contributed by atoms with Crippen molar-refractivity contribution < 1.29 is 0 Å². The van der Waals surface area contributed by atoms with E-state index < -0.39 is 0 Å². The highest BCUT2D eigenvalue weighted by molar-refractivity contribution is 7.09. The predicted molar refractivity (Wildman–Crippen MR) is 84.9 cm³/mol. The van der Waals surface area contributed by atoms with E-state index in [1.807, 2.05) is 12.4 Å². The van der Waals surface area contributed by atoms with Crippen molar-refractivity contribution in [3.63, 3.8) is 0 Å². The van der Waals surface area contributed by atoms with Crippen molar-refractivity contribution in [3.8, 4) is 0 Å². The summed E-state index contributed by atoms with van der Waals surface area (Å²) in [6, 6.07) is 4.76. The first kappa shape index (κ1) is 14.9. The Balaban J connectivity index is 2.00. The molecule has 0 spiro atoms. The number of nitrogens with one attached hydrogen (secondary N) is 1. The van der Waals surface area contributed by atoms with Gasteiger partial charge in [-0.25, -0.2) is 4.98 Å². The Hall–Kier alpha value is -1.46. The Labute approximate surface area is 124 Å². The number of rotatable bonds is 7. The van der Waals surface area contributed by atoms with Crippen LogP contribution in [-0.2, 0) is 13.1 Å². The molecule has 0 radical (unpaired) electrons. The van der Waals surface area contributed by atoms with Crippen LogP contribution in [0.2, 0.25) is 0 Å². The average Bonchev–Trinajstić information content (AvgIpc) is 2.93. The van der Waals surface area contributed by atoms with Gasteiger partial charge < -0.3 is 5.32 Å². The van der Waals surface area contributed by atoms with Gasteiger partial charge in [-0.1, -0.05) is 6.07 Å². The molecule has 108 valence electrons. The maximum Gasteiger partial charge on any atom is 0.144 e. The molecule has 0 saturated carbocycles. The van der Waals surface area contributed by atoms with E-state index in [1.165, 1.54) is 4.88 Å². The standard InChI is InChI=1S/C15H22N4S/c1-4-16-15-9-17-13(8-18-15)10-19(12(2)3)11-14-6-5-7-20-14/h5-9,12H,4,10-11H2,1-3H3,(H,16,18). The van der Waals surface area contributed by atoms with Crippen molar-refractivity contribution in [1.29, 1.82) is 0 Å². The molecule has 20 heavy (non-hydrogen) atoms. The van der Waals surface area contributed by atoms with Crippen LogP contribution >= 0.6 is 11.3 Å². The lowest BCUT2D eigenvalue weighted by molar-refractivity contribution is 0.203. The van der Waals surface area contributed by atoms with Crippen molar-refractivity contribution >= 4 is 17.2 Å². The molecule has 0 bridgehead atoms. The van der Waals surface area contributed by atoms with E-state index >= 15 is 0 Å². The molecule has 0 aliphatic carbocycles. The van der Waals surface area contributed by atoms with E-state index in [9.17, 15) is 0 Å². The van der Waals surface area contributed by atoms with E-state index in [0.717, 1.165) is 31.1 Å². The fourth-order valence-corrected chi connectivity index (χ4v) is 2.67. The molecular formula is C15H22N4S. The number of anilines is 1. The molecule has 0 aromatic carbocycles. The van der Waals surface area contributed by atoms with Crippen LogP contribution in [0.1, 0.15) is 31.3 Å². The van der Waals surface area contributed by atoms with Crippen molar-refractivity contribution in [3.05, 3.63) is 40.5 Å². The van der Waals surface area contributed by atoms with Crippen LogP contribution in [0, 0.1) is 0 Å². The van der Waals surface area contributed by atoms with E-state index in [-0.39, 0.29) is 0 Å². The molecule has 2 aromatic rings. The molecule has 2 rings (SSSR count). The lowest BCUT2D eigenvalue weighted by Gasteiger charge is -2.25. The normalized spacial score (nSPS) is 11.2. The summed E-state index contributed by atoms with van der Waals surface area (Å²) in [5, 5.41) is 5.29. The number of nitrogens with zero attached hydrogens (tertiary/aromatic N) is 3. The second kappa shape index (κ2) is 7.36. The Morgan fingerprint density at radius 3 is 2.65 bits per heavy atom. The fourth-order valence-electron chi connectivity index (χ4n) is 1.94. The summed E-state index contributed by atoms with van der Waals surface area (Å²) < 4.78 is 0. The van der Waals surface area contributed by atoms with Gasteiger partial charge in [0, 0.05) is 30.6 Å². The van der Waals surface area contributed by atoms with Crippen molar-refractivity contribution in [1.82, 2.24) is 14.9 Å². The van der Waals surface area contributed by atoms with E-state index in [4.69, 9.17) is 0 Å². The molecule has 0 atom stereocenters. The van der Waals surface area contributed by atoms with E-state index in [1.54, 1.807) is 11.3 Å². The van der Waals surface area contributed by atoms with Gasteiger partial charge in [-0.2, -0.15) is 0 Å². The lowest BCUT2D eigenvalue weighted by atomic mass is 10.2. The highest BCUT2D eigenvalue weighted by atomic mass is 32.1. The Bertz CT molecular complexity index is 493. The summed E-state index contributed by atoms with van der Waals surface area (Å²) >= 11 is 1.80. The van der Waals surface area contributed by atoms with E-state index in [2.05, 4.69) is 58.5 Å². The summed E-state index contributed by atoms with van der Waals surface area (Å²) in [7, 11) is 0. The summed E-state index contributed by atoms with van der Waals surface area (Å²) in [4.78, 5) is 12.7. The van der Waals surface area contributed by atoms with Gasteiger partial charge in [-0.15, -0.1) is 11.3 Å². The summed E-state index contributed by atoms with van der Waals surface area (Å²) in [6.45, 7) is 9.14. The molecule has 0 fully saturated rings. The number of hydrogen-bond acceptors (Lipinski definition) is 5. The first-order valence-corrected chi connectivity index (χ1v) is 7.88. The predicted octanol–water partition coefficient (Wildman–Crippen LogP) is 3.38. The van der Waals surface area contributed by atoms with E-state index in [0.29, 0.717) is 6.04 Å². The first-order valence-electron chi connectivity index (χ1n) is 7.00.